The van der Waals surface area contributed by atoms with Crippen molar-refractivity contribution in [2.24, 2.45) is 5.73 Å². The van der Waals surface area contributed by atoms with Gasteiger partial charge in [-0.25, -0.2) is 0 Å². The number of likely N-dealkylation sites (N-methyl/N-ethyl adjacent to an activating group) is 1. The van der Waals surface area contributed by atoms with E-state index in [4.69, 9.17) is 5.73 Å². The number of nitrogens with zero attached hydrogens (tertiary/aromatic N) is 2. The summed E-state index contributed by atoms with van der Waals surface area (Å²) in [6.07, 6.45) is 4.14. The minimum Gasteiger partial charge on any atom is -0.326 e. The molecule has 1 aliphatic heterocycles. The molecule has 0 bridgehead atoms. The molecule has 0 radical (unpaired) electrons. The van der Waals surface area contributed by atoms with Crippen molar-refractivity contribution >= 4 is 0 Å². The van der Waals surface area contributed by atoms with Crippen LogP contribution >= 0.6 is 0 Å². The molecule has 1 aliphatic rings. The number of hydrogen-bond donors (Lipinski definition) is 1. The van der Waals surface area contributed by atoms with Crippen molar-refractivity contribution in [1.82, 2.24) is 9.88 Å². The third-order valence-electron chi connectivity index (χ3n) is 2.92. The Labute approximate surface area is 84.9 Å². The second-order valence-electron chi connectivity index (χ2n) is 3.99. The van der Waals surface area contributed by atoms with Gasteiger partial charge in [0.05, 0.1) is 11.7 Å². The smallest absolute Gasteiger partial charge is 0.0671 e. The van der Waals surface area contributed by atoms with E-state index in [0.29, 0.717) is 6.04 Å². The van der Waals surface area contributed by atoms with Gasteiger partial charge in [-0.2, -0.15) is 0 Å². The molecule has 1 saturated heterocycles. The molecule has 0 amide bonds. The Kier molecular flexibility index (Phi) is 2.79. The fourth-order valence-electron chi connectivity index (χ4n) is 2.20. The quantitative estimate of drug-likeness (QED) is 0.724. The number of nitrogens with two attached hydrogens (primary N) is 1. The highest BCUT2D eigenvalue weighted by Gasteiger charge is 2.28. The molecule has 2 atom stereocenters. The summed E-state index contributed by atoms with van der Waals surface area (Å²) in [7, 11) is 2.12. The summed E-state index contributed by atoms with van der Waals surface area (Å²) >= 11 is 0. The van der Waals surface area contributed by atoms with Gasteiger partial charge < -0.3 is 5.73 Å². The highest BCUT2D eigenvalue weighted by atomic mass is 15.2. The molecule has 2 N–H and O–H groups in total. The Morgan fingerprint density at radius 1 is 1.50 bits per heavy atom. The van der Waals surface area contributed by atoms with E-state index in [0.717, 1.165) is 18.7 Å². The minimum absolute atomic E-state index is 0.226. The molecule has 0 aromatic carbocycles. The molecule has 2 heterocycles. The average molecular weight is 191 g/mol. The zero-order valence-corrected chi connectivity index (χ0v) is 8.56. The SMILES string of the molecule is CN1CCCC(N)C1c1ccccn1. The van der Waals surface area contributed by atoms with E-state index >= 15 is 0 Å². The number of rotatable bonds is 1. The molecule has 3 heteroatoms. The Morgan fingerprint density at radius 3 is 3.00 bits per heavy atom. The van der Waals surface area contributed by atoms with Crippen molar-refractivity contribution < 1.29 is 0 Å². The van der Waals surface area contributed by atoms with Gasteiger partial charge in [-0.3, -0.25) is 9.88 Å². The van der Waals surface area contributed by atoms with Crippen LogP contribution in [0.3, 0.4) is 0 Å². The Balaban J connectivity index is 2.23. The summed E-state index contributed by atoms with van der Waals surface area (Å²) in [5, 5.41) is 0. The molecule has 2 unspecified atom stereocenters. The van der Waals surface area contributed by atoms with Gasteiger partial charge in [0.1, 0.15) is 0 Å². The highest BCUT2D eigenvalue weighted by molar-refractivity contribution is 5.12. The topological polar surface area (TPSA) is 42.1 Å². The van der Waals surface area contributed by atoms with Crippen LogP contribution in [0.1, 0.15) is 24.6 Å². The lowest BCUT2D eigenvalue weighted by Gasteiger charge is -2.36. The van der Waals surface area contributed by atoms with Crippen LogP contribution in [-0.4, -0.2) is 29.5 Å². The number of hydrogen-bond acceptors (Lipinski definition) is 3. The van der Waals surface area contributed by atoms with Gasteiger partial charge in [0, 0.05) is 12.2 Å². The van der Waals surface area contributed by atoms with E-state index in [-0.39, 0.29) is 6.04 Å². The normalized spacial score (nSPS) is 29.0. The van der Waals surface area contributed by atoms with Crippen LogP contribution in [0, 0.1) is 0 Å². The van der Waals surface area contributed by atoms with Gasteiger partial charge in [-0.15, -0.1) is 0 Å². The maximum atomic E-state index is 6.12. The standard InChI is InChI=1S/C11H17N3/c1-14-8-4-5-9(12)11(14)10-6-2-3-7-13-10/h2-3,6-7,9,11H,4-5,8,12H2,1H3. The lowest BCUT2D eigenvalue weighted by atomic mass is 9.95. The van der Waals surface area contributed by atoms with Crippen molar-refractivity contribution in [3.05, 3.63) is 30.1 Å². The minimum atomic E-state index is 0.226. The van der Waals surface area contributed by atoms with Gasteiger partial charge in [-0.1, -0.05) is 6.07 Å². The number of pyridine rings is 1. The molecule has 0 aliphatic carbocycles. The van der Waals surface area contributed by atoms with Gasteiger partial charge in [0.15, 0.2) is 0 Å². The van der Waals surface area contributed by atoms with Crippen molar-refractivity contribution in [3.8, 4) is 0 Å². The average Bonchev–Trinajstić information content (AvgIpc) is 2.19. The van der Waals surface area contributed by atoms with E-state index in [2.05, 4.69) is 23.0 Å². The zero-order valence-electron chi connectivity index (χ0n) is 8.56. The van der Waals surface area contributed by atoms with Gasteiger partial charge >= 0.3 is 0 Å². The van der Waals surface area contributed by atoms with Gasteiger partial charge in [0.25, 0.3) is 0 Å². The molecule has 0 spiro atoms. The first kappa shape index (κ1) is 9.62. The summed E-state index contributed by atoms with van der Waals surface area (Å²) in [5.74, 6) is 0. The molecular weight excluding hydrogens is 174 g/mol. The Morgan fingerprint density at radius 2 is 2.36 bits per heavy atom. The van der Waals surface area contributed by atoms with Gasteiger partial charge in [0.2, 0.25) is 0 Å². The molecule has 1 fully saturated rings. The molecule has 0 saturated carbocycles. The van der Waals surface area contributed by atoms with Crippen molar-refractivity contribution in [2.45, 2.75) is 24.9 Å². The molecule has 14 heavy (non-hydrogen) atoms. The van der Waals surface area contributed by atoms with E-state index in [1.54, 1.807) is 0 Å². The van der Waals surface area contributed by atoms with E-state index < -0.39 is 0 Å². The number of likely N-dealkylation sites (tertiary alicyclic amines) is 1. The lowest BCUT2D eigenvalue weighted by Crippen LogP contribution is -2.44. The predicted molar refractivity (Wildman–Crippen MR) is 56.8 cm³/mol. The van der Waals surface area contributed by atoms with Crippen molar-refractivity contribution in [1.29, 1.82) is 0 Å². The Hall–Kier alpha value is -0.930. The Bertz CT molecular complexity index is 276. The molecular formula is C11H17N3. The van der Waals surface area contributed by atoms with Crippen LogP contribution in [0.4, 0.5) is 0 Å². The van der Waals surface area contributed by atoms with Crippen LogP contribution in [0.2, 0.25) is 0 Å². The van der Waals surface area contributed by atoms with Crippen LogP contribution in [0.25, 0.3) is 0 Å². The first-order valence-corrected chi connectivity index (χ1v) is 5.16. The second-order valence-corrected chi connectivity index (χ2v) is 3.99. The zero-order chi connectivity index (χ0) is 9.97. The molecule has 2 rings (SSSR count). The van der Waals surface area contributed by atoms with Crippen molar-refractivity contribution in [3.63, 3.8) is 0 Å². The van der Waals surface area contributed by atoms with E-state index in [1.165, 1.54) is 6.42 Å². The fourth-order valence-corrected chi connectivity index (χ4v) is 2.20. The van der Waals surface area contributed by atoms with E-state index in [1.807, 2.05) is 18.3 Å². The highest BCUT2D eigenvalue weighted by Crippen LogP contribution is 2.26. The number of aromatic nitrogens is 1. The van der Waals surface area contributed by atoms with Crippen LogP contribution in [0.5, 0.6) is 0 Å². The third-order valence-corrected chi connectivity index (χ3v) is 2.92. The monoisotopic (exact) mass is 191 g/mol. The molecule has 1 aromatic heterocycles. The van der Waals surface area contributed by atoms with Crippen molar-refractivity contribution in [2.75, 3.05) is 13.6 Å². The summed E-state index contributed by atoms with van der Waals surface area (Å²) in [5.41, 5.74) is 7.22. The van der Waals surface area contributed by atoms with Gasteiger partial charge in [-0.05, 0) is 38.6 Å². The largest absolute Gasteiger partial charge is 0.326 e. The maximum Gasteiger partial charge on any atom is 0.0671 e. The summed E-state index contributed by atoms with van der Waals surface area (Å²) in [4.78, 5) is 6.68. The molecule has 3 nitrogen and oxygen atoms in total. The fraction of sp³-hybridized carbons (Fsp3) is 0.545. The van der Waals surface area contributed by atoms with Crippen LogP contribution in [0.15, 0.2) is 24.4 Å². The lowest BCUT2D eigenvalue weighted by molar-refractivity contribution is 0.159. The van der Waals surface area contributed by atoms with E-state index in [9.17, 15) is 0 Å². The molecule has 1 aromatic rings. The first-order chi connectivity index (χ1) is 6.79. The summed E-state index contributed by atoms with van der Waals surface area (Å²) < 4.78 is 0. The first-order valence-electron chi connectivity index (χ1n) is 5.16. The van der Waals surface area contributed by atoms with Crippen LogP contribution < -0.4 is 5.73 Å². The third kappa shape index (κ3) is 1.79. The second kappa shape index (κ2) is 4.07. The maximum absolute atomic E-state index is 6.12. The summed E-state index contributed by atoms with van der Waals surface area (Å²) in [6, 6.07) is 6.55. The predicted octanol–water partition coefficient (Wildman–Crippen LogP) is 1.18. The molecule has 76 valence electrons. The van der Waals surface area contributed by atoms with Crippen LogP contribution in [-0.2, 0) is 0 Å². The summed E-state index contributed by atoms with van der Waals surface area (Å²) in [6.45, 7) is 1.12. The number of piperidine rings is 1.